The molecule has 0 aliphatic carbocycles. The van der Waals surface area contributed by atoms with Crippen molar-refractivity contribution in [2.24, 2.45) is 5.92 Å². The van der Waals surface area contributed by atoms with Gasteiger partial charge in [-0.15, -0.1) is 0 Å². The van der Waals surface area contributed by atoms with Crippen molar-refractivity contribution < 1.29 is 13.2 Å². The second-order valence-electron chi connectivity index (χ2n) is 5.14. The van der Waals surface area contributed by atoms with Crippen molar-refractivity contribution in [1.82, 2.24) is 5.32 Å². The number of aryl methyl sites for hydroxylation is 1. The van der Waals surface area contributed by atoms with Crippen molar-refractivity contribution in [3.8, 4) is 0 Å². The minimum atomic E-state index is -3.25. The molecule has 0 bridgehead atoms. The summed E-state index contributed by atoms with van der Waals surface area (Å²) >= 11 is 0. The van der Waals surface area contributed by atoms with Gasteiger partial charge in [0.05, 0.1) is 10.6 Å². The maximum Gasteiger partial charge on any atom is 0.220 e. The maximum absolute atomic E-state index is 12.3. The fraction of sp³-hybridized carbons (Fsp3) is 0.500. The summed E-state index contributed by atoms with van der Waals surface area (Å²) in [4.78, 5) is 11.6. The van der Waals surface area contributed by atoms with Gasteiger partial charge in [0.25, 0.3) is 0 Å². The molecule has 1 aliphatic rings. The molecule has 1 atom stereocenters. The standard InChI is InChI=1S/C14H19NO3S/c1-11-2-5-13(6-3-11)19(17,18)10-12-4-7-14(16)15-9-8-12/h2-3,5-6,12H,4,7-10H2,1H3,(H,15,16). The lowest BCUT2D eigenvalue weighted by atomic mass is 10.0. The first-order chi connectivity index (χ1) is 8.97. The molecule has 0 radical (unpaired) electrons. The Labute approximate surface area is 114 Å². The van der Waals surface area contributed by atoms with Gasteiger partial charge in [-0.25, -0.2) is 8.42 Å². The van der Waals surface area contributed by atoms with Gasteiger partial charge in [-0.2, -0.15) is 0 Å². The summed E-state index contributed by atoms with van der Waals surface area (Å²) in [6.07, 6.45) is 1.81. The van der Waals surface area contributed by atoms with E-state index in [1.54, 1.807) is 12.1 Å². The van der Waals surface area contributed by atoms with Crippen molar-refractivity contribution in [3.05, 3.63) is 29.8 Å². The van der Waals surface area contributed by atoms with Gasteiger partial charge in [0.2, 0.25) is 5.91 Å². The predicted octanol–water partition coefficient (Wildman–Crippen LogP) is 1.69. The SMILES string of the molecule is Cc1ccc(S(=O)(=O)CC2CCNC(=O)CC2)cc1. The molecule has 1 aromatic rings. The summed E-state index contributed by atoms with van der Waals surface area (Å²) in [6, 6.07) is 6.94. The Hall–Kier alpha value is -1.36. The topological polar surface area (TPSA) is 63.2 Å². The van der Waals surface area contributed by atoms with Crippen molar-refractivity contribution in [1.29, 1.82) is 0 Å². The molecule has 1 aromatic carbocycles. The molecule has 5 heteroatoms. The van der Waals surface area contributed by atoms with Crippen LogP contribution in [-0.2, 0) is 14.6 Å². The molecule has 0 spiro atoms. The lowest BCUT2D eigenvalue weighted by molar-refractivity contribution is -0.120. The van der Waals surface area contributed by atoms with Gasteiger partial charge in [-0.1, -0.05) is 17.7 Å². The van der Waals surface area contributed by atoms with Crippen LogP contribution in [0.25, 0.3) is 0 Å². The van der Waals surface area contributed by atoms with Gasteiger partial charge in [0, 0.05) is 13.0 Å². The zero-order valence-corrected chi connectivity index (χ0v) is 11.9. The lowest BCUT2D eigenvalue weighted by Crippen LogP contribution is -2.22. The first kappa shape index (κ1) is 14.1. The fourth-order valence-electron chi connectivity index (χ4n) is 2.30. The number of amides is 1. The van der Waals surface area contributed by atoms with Crippen LogP contribution in [0.4, 0.5) is 0 Å². The third-order valence-corrected chi connectivity index (χ3v) is 5.39. The molecule has 1 N–H and O–H groups in total. The molecule has 1 saturated heterocycles. The maximum atomic E-state index is 12.3. The Balaban J connectivity index is 2.08. The Morgan fingerprint density at radius 3 is 2.58 bits per heavy atom. The van der Waals surface area contributed by atoms with Crippen molar-refractivity contribution in [2.45, 2.75) is 31.1 Å². The van der Waals surface area contributed by atoms with Crippen LogP contribution < -0.4 is 5.32 Å². The Morgan fingerprint density at radius 2 is 1.89 bits per heavy atom. The summed E-state index contributed by atoms with van der Waals surface area (Å²) in [6.45, 7) is 2.51. The van der Waals surface area contributed by atoms with E-state index in [4.69, 9.17) is 0 Å². The number of carbonyl (C=O) groups is 1. The largest absolute Gasteiger partial charge is 0.356 e. The number of hydrogen-bond acceptors (Lipinski definition) is 3. The molecule has 1 amide bonds. The van der Waals surface area contributed by atoms with E-state index >= 15 is 0 Å². The van der Waals surface area contributed by atoms with Crippen LogP contribution in [0.2, 0.25) is 0 Å². The molecule has 1 fully saturated rings. The highest BCUT2D eigenvalue weighted by Gasteiger charge is 2.23. The number of rotatable bonds is 3. The average Bonchev–Trinajstić information content (AvgIpc) is 2.54. The van der Waals surface area contributed by atoms with E-state index in [-0.39, 0.29) is 17.6 Å². The lowest BCUT2D eigenvalue weighted by Gasteiger charge is -2.13. The number of benzene rings is 1. The normalized spacial score (nSPS) is 20.7. The number of hydrogen-bond donors (Lipinski definition) is 1. The summed E-state index contributed by atoms with van der Waals surface area (Å²) in [5.41, 5.74) is 1.04. The Morgan fingerprint density at radius 1 is 1.21 bits per heavy atom. The monoisotopic (exact) mass is 281 g/mol. The highest BCUT2D eigenvalue weighted by atomic mass is 32.2. The van der Waals surface area contributed by atoms with Crippen molar-refractivity contribution in [3.63, 3.8) is 0 Å². The van der Waals surface area contributed by atoms with Crippen LogP contribution in [0.15, 0.2) is 29.2 Å². The molecule has 1 heterocycles. The van der Waals surface area contributed by atoms with E-state index in [1.807, 2.05) is 19.1 Å². The van der Waals surface area contributed by atoms with Crippen LogP contribution in [0, 0.1) is 12.8 Å². The molecule has 0 saturated carbocycles. The second-order valence-corrected chi connectivity index (χ2v) is 7.17. The predicted molar refractivity (Wildman–Crippen MR) is 73.6 cm³/mol. The van der Waals surface area contributed by atoms with Crippen molar-refractivity contribution in [2.75, 3.05) is 12.3 Å². The van der Waals surface area contributed by atoms with Gasteiger partial charge in [0.15, 0.2) is 9.84 Å². The Bertz CT molecular complexity index is 549. The van der Waals surface area contributed by atoms with E-state index in [9.17, 15) is 13.2 Å². The zero-order chi connectivity index (χ0) is 13.9. The van der Waals surface area contributed by atoms with Gasteiger partial charge in [-0.05, 0) is 37.8 Å². The summed E-state index contributed by atoms with van der Waals surface area (Å²) in [7, 11) is -3.25. The molecular formula is C14H19NO3S. The minimum Gasteiger partial charge on any atom is -0.356 e. The molecule has 0 aromatic heterocycles. The molecule has 19 heavy (non-hydrogen) atoms. The van der Waals surface area contributed by atoms with Crippen LogP contribution in [0.3, 0.4) is 0 Å². The third-order valence-electron chi connectivity index (χ3n) is 3.49. The molecule has 2 rings (SSSR count). The first-order valence-electron chi connectivity index (χ1n) is 6.53. The minimum absolute atomic E-state index is 0.0234. The van der Waals surface area contributed by atoms with E-state index < -0.39 is 9.84 Å². The van der Waals surface area contributed by atoms with Crippen LogP contribution in [-0.4, -0.2) is 26.6 Å². The van der Waals surface area contributed by atoms with Gasteiger partial charge in [-0.3, -0.25) is 4.79 Å². The van der Waals surface area contributed by atoms with E-state index in [0.717, 1.165) is 12.0 Å². The summed E-state index contributed by atoms with van der Waals surface area (Å²) < 4.78 is 24.6. The first-order valence-corrected chi connectivity index (χ1v) is 8.19. The molecule has 4 nitrogen and oxygen atoms in total. The van der Waals surface area contributed by atoms with Gasteiger partial charge < -0.3 is 5.32 Å². The molecule has 104 valence electrons. The Kier molecular flexibility index (Phi) is 4.24. The highest BCUT2D eigenvalue weighted by molar-refractivity contribution is 7.91. The number of nitrogens with one attached hydrogen (secondary N) is 1. The van der Waals surface area contributed by atoms with Gasteiger partial charge >= 0.3 is 0 Å². The smallest absolute Gasteiger partial charge is 0.220 e. The molecular weight excluding hydrogens is 262 g/mol. The van der Waals surface area contributed by atoms with E-state index in [1.165, 1.54) is 0 Å². The zero-order valence-electron chi connectivity index (χ0n) is 11.1. The van der Waals surface area contributed by atoms with Crippen LogP contribution >= 0.6 is 0 Å². The third kappa shape index (κ3) is 3.80. The quantitative estimate of drug-likeness (QED) is 0.917. The average molecular weight is 281 g/mol. The van der Waals surface area contributed by atoms with Crippen molar-refractivity contribution >= 4 is 15.7 Å². The van der Waals surface area contributed by atoms with Crippen LogP contribution in [0.5, 0.6) is 0 Å². The second kappa shape index (κ2) is 5.74. The van der Waals surface area contributed by atoms with Gasteiger partial charge in [0.1, 0.15) is 0 Å². The number of carbonyl (C=O) groups excluding carboxylic acids is 1. The molecule has 1 aliphatic heterocycles. The van der Waals surface area contributed by atoms with Crippen LogP contribution in [0.1, 0.15) is 24.8 Å². The van der Waals surface area contributed by atoms with E-state index in [2.05, 4.69) is 5.32 Å². The highest BCUT2D eigenvalue weighted by Crippen LogP contribution is 2.21. The summed E-state index contributed by atoms with van der Waals surface area (Å²) in [5.74, 6) is 0.214. The number of sulfone groups is 1. The molecule has 1 unspecified atom stereocenters. The van der Waals surface area contributed by atoms with E-state index in [0.29, 0.717) is 24.3 Å². The summed E-state index contributed by atoms with van der Waals surface area (Å²) in [5, 5.41) is 2.77. The fourth-order valence-corrected chi connectivity index (χ4v) is 4.00.